The third-order valence-corrected chi connectivity index (χ3v) is 4.06. The first-order valence-electron chi connectivity index (χ1n) is 7.90. The Labute approximate surface area is 126 Å². The lowest BCUT2D eigenvalue weighted by Crippen LogP contribution is -3.16. The fourth-order valence-corrected chi connectivity index (χ4v) is 3.05. The molecule has 1 aromatic carbocycles. The zero-order valence-electron chi connectivity index (χ0n) is 13.0. The maximum Gasteiger partial charge on any atom is 0.288 e. The highest BCUT2D eigenvalue weighted by Gasteiger charge is 2.44. The summed E-state index contributed by atoms with van der Waals surface area (Å²) in [5.41, 5.74) is 1.01. The summed E-state index contributed by atoms with van der Waals surface area (Å²) in [5, 5.41) is 0. The molecule has 1 aliphatic heterocycles. The van der Waals surface area contributed by atoms with E-state index in [4.69, 9.17) is 0 Å². The van der Waals surface area contributed by atoms with Gasteiger partial charge >= 0.3 is 0 Å². The second-order valence-electron chi connectivity index (χ2n) is 5.72. The third kappa shape index (κ3) is 3.70. The van der Waals surface area contributed by atoms with Crippen LogP contribution in [-0.4, -0.2) is 35.8 Å². The smallest absolute Gasteiger partial charge is 0.288 e. The molecule has 1 heterocycles. The molecule has 4 heteroatoms. The van der Waals surface area contributed by atoms with Crippen LogP contribution in [0.15, 0.2) is 30.3 Å². The van der Waals surface area contributed by atoms with Gasteiger partial charge in [-0.1, -0.05) is 44.2 Å². The lowest BCUT2D eigenvalue weighted by atomic mass is 10.2. The maximum atomic E-state index is 12.6. The number of hydrogen-bond acceptors (Lipinski definition) is 2. The van der Waals surface area contributed by atoms with Gasteiger partial charge in [-0.2, -0.15) is 0 Å². The molecule has 1 aliphatic rings. The SMILES string of the molecule is CCC[NH+](CCC)[C@H]1CC(=O)N(Cc2ccccc2)C1=O. The zero-order valence-corrected chi connectivity index (χ0v) is 13.0. The average Bonchev–Trinajstić information content (AvgIpc) is 2.76. The second kappa shape index (κ2) is 7.36. The minimum absolute atomic E-state index is 0.000697. The van der Waals surface area contributed by atoms with Crippen molar-refractivity contribution in [1.82, 2.24) is 4.90 Å². The molecule has 1 fully saturated rings. The Hall–Kier alpha value is -1.68. The topological polar surface area (TPSA) is 41.8 Å². The Kier molecular flexibility index (Phi) is 5.51. The fourth-order valence-electron chi connectivity index (χ4n) is 3.05. The molecule has 4 nitrogen and oxygen atoms in total. The molecule has 2 rings (SSSR count). The summed E-state index contributed by atoms with van der Waals surface area (Å²) < 4.78 is 0. The van der Waals surface area contributed by atoms with E-state index >= 15 is 0 Å². The van der Waals surface area contributed by atoms with Crippen LogP contribution < -0.4 is 4.90 Å². The Morgan fingerprint density at radius 2 is 1.71 bits per heavy atom. The molecule has 0 aliphatic carbocycles. The van der Waals surface area contributed by atoms with E-state index < -0.39 is 0 Å². The normalized spacial score (nSPS) is 18.8. The quantitative estimate of drug-likeness (QED) is 0.762. The first-order chi connectivity index (χ1) is 10.2. The number of carbonyl (C=O) groups is 2. The Bertz CT molecular complexity index is 481. The zero-order chi connectivity index (χ0) is 15.2. The second-order valence-corrected chi connectivity index (χ2v) is 5.72. The van der Waals surface area contributed by atoms with Gasteiger partial charge in [0, 0.05) is 0 Å². The summed E-state index contributed by atoms with van der Waals surface area (Å²) in [6.45, 7) is 6.56. The van der Waals surface area contributed by atoms with Crippen molar-refractivity contribution < 1.29 is 14.5 Å². The third-order valence-electron chi connectivity index (χ3n) is 4.06. The number of imide groups is 1. The highest BCUT2D eigenvalue weighted by molar-refractivity contribution is 6.04. The fraction of sp³-hybridized carbons (Fsp3) is 0.529. The highest BCUT2D eigenvalue weighted by atomic mass is 16.2. The lowest BCUT2D eigenvalue weighted by molar-refractivity contribution is -0.915. The number of nitrogens with zero attached hydrogens (tertiary/aromatic N) is 1. The lowest BCUT2D eigenvalue weighted by Gasteiger charge is -2.23. The van der Waals surface area contributed by atoms with E-state index in [1.165, 1.54) is 9.80 Å². The standard InChI is InChI=1S/C17H24N2O2/c1-3-10-18(11-4-2)15-12-16(20)19(17(15)21)13-14-8-6-5-7-9-14/h5-9,15H,3-4,10-13H2,1-2H3/p+1/t15-/m0/s1. The van der Waals surface area contributed by atoms with E-state index in [0.29, 0.717) is 13.0 Å². The number of nitrogens with one attached hydrogen (secondary N) is 1. The van der Waals surface area contributed by atoms with Crippen LogP contribution in [0.3, 0.4) is 0 Å². The largest absolute Gasteiger partial charge is 0.324 e. The van der Waals surface area contributed by atoms with Crippen molar-refractivity contribution in [3.05, 3.63) is 35.9 Å². The molecule has 1 atom stereocenters. The molecule has 0 radical (unpaired) electrons. The van der Waals surface area contributed by atoms with Gasteiger partial charge in [0.15, 0.2) is 6.04 Å². The van der Waals surface area contributed by atoms with Crippen LogP contribution in [0.25, 0.3) is 0 Å². The number of carbonyl (C=O) groups excluding carboxylic acids is 2. The van der Waals surface area contributed by atoms with Crippen molar-refractivity contribution >= 4 is 11.8 Å². The summed E-state index contributed by atoms with van der Waals surface area (Å²) >= 11 is 0. The number of quaternary nitrogens is 1. The van der Waals surface area contributed by atoms with Crippen LogP contribution in [0.1, 0.15) is 38.7 Å². The van der Waals surface area contributed by atoms with Gasteiger partial charge < -0.3 is 4.90 Å². The average molecular weight is 289 g/mol. The van der Waals surface area contributed by atoms with Gasteiger partial charge in [0.25, 0.3) is 5.91 Å². The van der Waals surface area contributed by atoms with Crippen molar-refractivity contribution in [2.45, 2.75) is 45.7 Å². The summed E-state index contributed by atoms with van der Waals surface area (Å²) in [7, 11) is 0. The summed E-state index contributed by atoms with van der Waals surface area (Å²) in [4.78, 5) is 27.5. The predicted octanol–water partition coefficient (Wildman–Crippen LogP) is 1.02. The van der Waals surface area contributed by atoms with Gasteiger partial charge in [-0.3, -0.25) is 14.5 Å². The molecule has 0 spiro atoms. The Morgan fingerprint density at radius 3 is 2.29 bits per heavy atom. The van der Waals surface area contributed by atoms with Gasteiger partial charge in [0.2, 0.25) is 5.91 Å². The monoisotopic (exact) mass is 289 g/mol. The molecule has 0 saturated carbocycles. The van der Waals surface area contributed by atoms with Gasteiger partial charge in [-0.25, -0.2) is 0 Å². The molecule has 0 bridgehead atoms. The summed E-state index contributed by atoms with van der Waals surface area (Å²) in [6, 6.07) is 9.54. The predicted molar refractivity (Wildman–Crippen MR) is 81.7 cm³/mol. The van der Waals surface area contributed by atoms with E-state index in [1.807, 2.05) is 30.3 Å². The van der Waals surface area contributed by atoms with E-state index in [2.05, 4.69) is 13.8 Å². The van der Waals surface area contributed by atoms with Crippen molar-refractivity contribution in [2.75, 3.05) is 13.1 Å². The molecule has 0 unspecified atom stereocenters. The van der Waals surface area contributed by atoms with Gasteiger partial charge in [0.05, 0.1) is 26.1 Å². The number of hydrogen-bond donors (Lipinski definition) is 1. The number of benzene rings is 1. The molecular weight excluding hydrogens is 264 g/mol. The Balaban J connectivity index is 2.08. The van der Waals surface area contributed by atoms with Crippen LogP contribution in [0.5, 0.6) is 0 Å². The van der Waals surface area contributed by atoms with Gasteiger partial charge in [-0.15, -0.1) is 0 Å². The number of likely N-dealkylation sites (tertiary alicyclic amines) is 1. The molecule has 114 valence electrons. The van der Waals surface area contributed by atoms with Crippen LogP contribution in [-0.2, 0) is 16.1 Å². The molecule has 1 N–H and O–H groups in total. The highest BCUT2D eigenvalue weighted by Crippen LogP contribution is 2.15. The molecular formula is C17H25N2O2+. The molecule has 21 heavy (non-hydrogen) atoms. The van der Waals surface area contributed by atoms with Crippen LogP contribution in [0, 0.1) is 0 Å². The van der Waals surface area contributed by atoms with Crippen LogP contribution in [0.2, 0.25) is 0 Å². The molecule has 2 amide bonds. The molecule has 1 saturated heterocycles. The maximum absolute atomic E-state index is 12.6. The van der Waals surface area contributed by atoms with Crippen molar-refractivity contribution in [3.63, 3.8) is 0 Å². The Morgan fingerprint density at radius 1 is 1.10 bits per heavy atom. The minimum atomic E-state index is -0.180. The van der Waals surface area contributed by atoms with Gasteiger partial charge in [-0.05, 0) is 18.4 Å². The van der Waals surface area contributed by atoms with Crippen molar-refractivity contribution in [2.24, 2.45) is 0 Å². The van der Waals surface area contributed by atoms with Crippen LogP contribution in [0.4, 0.5) is 0 Å². The van der Waals surface area contributed by atoms with Crippen LogP contribution >= 0.6 is 0 Å². The van der Waals surface area contributed by atoms with E-state index in [-0.39, 0.29) is 17.9 Å². The first kappa shape index (κ1) is 15.7. The van der Waals surface area contributed by atoms with Crippen molar-refractivity contribution in [1.29, 1.82) is 0 Å². The van der Waals surface area contributed by atoms with E-state index in [9.17, 15) is 9.59 Å². The first-order valence-corrected chi connectivity index (χ1v) is 7.90. The minimum Gasteiger partial charge on any atom is -0.324 e. The number of amides is 2. The van der Waals surface area contributed by atoms with E-state index in [1.54, 1.807) is 0 Å². The van der Waals surface area contributed by atoms with Gasteiger partial charge in [0.1, 0.15) is 0 Å². The molecule has 1 aromatic rings. The number of rotatable bonds is 7. The summed E-state index contributed by atoms with van der Waals surface area (Å²) in [6.07, 6.45) is 2.43. The molecule has 0 aromatic heterocycles. The van der Waals surface area contributed by atoms with E-state index in [0.717, 1.165) is 31.5 Å². The van der Waals surface area contributed by atoms with Crippen molar-refractivity contribution in [3.8, 4) is 0 Å². The summed E-state index contributed by atoms with van der Waals surface area (Å²) in [5.74, 6) is -0.0284.